The zero-order valence-electron chi connectivity index (χ0n) is 10.9. The van der Waals surface area contributed by atoms with Crippen LogP contribution in [0.25, 0.3) is 0 Å². The molecule has 5 nitrogen and oxygen atoms in total. The van der Waals surface area contributed by atoms with Crippen LogP contribution in [0.15, 0.2) is 47.4 Å². The number of halogens is 1. The van der Waals surface area contributed by atoms with E-state index in [2.05, 4.69) is 5.32 Å². The molecule has 7 heteroatoms. The van der Waals surface area contributed by atoms with Crippen molar-refractivity contribution < 1.29 is 9.18 Å². The maximum Gasteiger partial charge on any atom is 0.261 e. The van der Waals surface area contributed by atoms with Crippen LogP contribution in [0, 0.1) is 5.82 Å². The van der Waals surface area contributed by atoms with Gasteiger partial charge in [-0.05, 0) is 36.4 Å². The molecule has 2 aromatic rings. The highest BCUT2D eigenvalue weighted by Gasteiger charge is 2.09. The van der Waals surface area contributed by atoms with Gasteiger partial charge in [0.1, 0.15) is 17.4 Å². The molecule has 0 atom stereocenters. The Labute approximate surface area is 125 Å². The molecule has 108 valence electrons. The van der Waals surface area contributed by atoms with Crippen molar-refractivity contribution in [2.24, 2.45) is 5.73 Å². The summed E-state index contributed by atoms with van der Waals surface area (Å²) in [5.74, 6) is -0.808. The van der Waals surface area contributed by atoms with Gasteiger partial charge in [-0.15, -0.1) is 0 Å². The first kappa shape index (κ1) is 14.9. The van der Waals surface area contributed by atoms with E-state index in [0.29, 0.717) is 5.69 Å². The van der Waals surface area contributed by atoms with Crippen molar-refractivity contribution in [3.63, 3.8) is 0 Å². The lowest BCUT2D eigenvalue weighted by atomic mass is 10.2. The number of aromatic nitrogens is 1. The highest BCUT2D eigenvalue weighted by molar-refractivity contribution is 7.80. The standard InChI is InChI=1S/C14H12FN3O2S/c15-9-3-5-10(6-4-9)17-12(19)8-18-7-1-2-11(13(16)21)14(18)20/h1-7H,8H2,(H2,16,21)(H,17,19). The number of rotatable bonds is 4. The van der Waals surface area contributed by atoms with E-state index in [4.69, 9.17) is 18.0 Å². The summed E-state index contributed by atoms with van der Waals surface area (Å²) in [4.78, 5) is 23.9. The van der Waals surface area contributed by atoms with Gasteiger partial charge in [-0.1, -0.05) is 12.2 Å². The lowest BCUT2D eigenvalue weighted by Crippen LogP contribution is -2.32. The molecular weight excluding hydrogens is 293 g/mol. The average Bonchev–Trinajstić information content (AvgIpc) is 2.43. The van der Waals surface area contributed by atoms with Crippen molar-refractivity contribution >= 4 is 28.8 Å². The molecule has 0 saturated carbocycles. The molecule has 0 saturated heterocycles. The van der Waals surface area contributed by atoms with Crippen molar-refractivity contribution in [1.29, 1.82) is 0 Å². The highest BCUT2D eigenvalue weighted by atomic mass is 32.1. The summed E-state index contributed by atoms with van der Waals surface area (Å²) in [5.41, 5.74) is 5.63. The summed E-state index contributed by atoms with van der Waals surface area (Å²) < 4.78 is 14.0. The van der Waals surface area contributed by atoms with Gasteiger partial charge in [0.15, 0.2) is 0 Å². The maximum absolute atomic E-state index is 12.8. The fraction of sp³-hybridized carbons (Fsp3) is 0.0714. The monoisotopic (exact) mass is 305 g/mol. The zero-order valence-corrected chi connectivity index (χ0v) is 11.7. The third kappa shape index (κ3) is 3.73. The second-order valence-corrected chi connectivity index (χ2v) is 4.71. The van der Waals surface area contributed by atoms with Crippen molar-refractivity contribution in [1.82, 2.24) is 4.57 Å². The van der Waals surface area contributed by atoms with Gasteiger partial charge in [-0.3, -0.25) is 9.59 Å². The molecule has 0 bridgehead atoms. The largest absolute Gasteiger partial charge is 0.389 e. The quantitative estimate of drug-likeness (QED) is 0.834. The minimum absolute atomic E-state index is 0.0201. The number of nitrogens with two attached hydrogens (primary N) is 1. The number of pyridine rings is 1. The molecule has 0 aliphatic heterocycles. The number of benzene rings is 1. The summed E-state index contributed by atoms with van der Waals surface area (Å²) in [7, 11) is 0. The average molecular weight is 305 g/mol. The molecule has 0 aliphatic carbocycles. The molecule has 1 aromatic heterocycles. The van der Waals surface area contributed by atoms with Crippen LogP contribution in [-0.4, -0.2) is 15.5 Å². The van der Waals surface area contributed by atoms with E-state index in [0.717, 1.165) is 0 Å². The first-order valence-corrected chi connectivity index (χ1v) is 6.43. The number of hydrogen-bond donors (Lipinski definition) is 2. The number of carbonyl (C=O) groups is 1. The first-order valence-electron chi connectivity index (χ1n) is 6.02. The van der Waals surface area contributed by atoms with Crippen LogP contribution in [0.5, 0.6) is 0 Å². The Morgan fingerprint density at radius 1 is 1.29 bits per heavy atom. The molecule has 1 heterocycles. The van der Waals surface area contributed by atoms with Crippen molar-refractivity contribution in [2.75, 3.05) is 5.32 Å². The Morgan fingerprint density at radius 2 is 1.95 bits per heavy atom. The topological polar surface area (TPSA) is 77.1 Å². The number of carbonyl (C=O) groups excluding carboxylic acids is 1. The molecule has 1 aromatic carbocycles. The van der Waals surface area contributed by atoms with Gasteiger partial charge < -0.3 is 15.6 Å². The van der Waals surface area contributed by atoms with Crippen molar-refractivity contribution in [2.45, 2.75) is 6.54 Å². The van der Waals surface area contributed by atoms with E-state index in [1.165, 1.54) is 41.1 Å². The zero-order chi connectivity index (χ0) is 15.4. The Kier molecular flexibility index (Phi) is 4.44. The Morgan fingerprint density at radius 3 is 2.57 bits per heavy atom. The van der Waals surface area contributed by atoms with E-state index in [1.54, 1.807) is 6.07 Å². The summed E-state index contributed by atoms with van der Waals surface area (Å²) in [6.45, 7) is -0.188. The number of anilines is 1. The molecule has 21 heavy (non-hydrogen) atoms. The second-order valence-electron chi connectivity index (χ2n) is 4.27. The molecule has 1 amide bonds. The number of thiocarbonyl (C=S) groups is 1. The fourth-order valence-corrected chi connectivity index (χ4v) is 1.89. The normalized spacial score (nSPS) is 10.1. The molecular formula is C14H12FN3O2S. The predicted molar refractivity (Wildman–Crippen MR) is 81.6 cm³/mol. The van der Waals surface area contributed by atoms with Crippen LogP contribution in [0.3, 0.4) is 0 Å². The van der Waals surface area contributed by atoms with Gasteiger partial charge in [0, 0.05) is 11.9 Å². The van der Waals surface area contributed by atoms with Crippen molar-refractivity contribution in [3.05, 3.63) is 64.3 Å². The van der Waals surface area contributed by atoms with Gasteiger partial charge in [-0.25, -0.2) is 4.39 Å². The van der Waals surface area contributed by atoms with Crippen molar-refractivity contribution in [3.8, 4) is 0 Å². The van der Waals surface area contributed by atoms with E-state index >= 15 is 0 Å². The molecule has 3 N–H and O–H groups in total. The van der Waals surface area contributed by atoms with Gasteiger partial charge in [0.05, 0.1) is 5.56 Å². The van der Waals surface area contributed by atoms with Crippen LogP contribution in [0.2, 0.25) is 0 Å². The minimum Gasteiger partial charge on any atom is -0.389 e. The third-order valence-electron chi connectivity index (χ3n) is 2.73. The number of amides is 1. The summed E-state index contributed by atoms with van der Waals surface area (Å²) >= 11 is 4.77. The van der Waals surface area contributed by atoms with E-state index in [1.807, 2.05) is 0 Å². The minimum atomic E-state index is -0.431. The molecule has 0 unspecified atom stereocenters. The Hall–Kier alpha value is -2.54. The number of nitrogens with one attached hydrogen (secondary N) is 1. The van der Waals surface area contributed by atoms with Gasteiger partial charge in [0.2, 0.25) is 5.91 Å². The second kappa shape index (κ2) is 6.27. The highest BCUT2D eigenvalue weighted by Crippen LogP contribution is 2.08. The SMILES string of the molecule is NC(=S)c1cccn(CC(=O)Nc2ccc(F)cc2)c1=O. The molecule has 0 fully saturated rings. The van der Waals surface area contributed by atoms with Gasteiger partial charge in [0.25, 0.3) is 5.56 Å². The predicted octanol–water partition coefficient (Wildman–Crippen LogP) is 1.26. The third-order valence-corrected chi connectivity index (χ3v) is 2.95. The Bertz CT molecular complexity index is 741. The van der Waals surface area contributed by atoms with Gasteiger partial charge in [-0.2, -0.15) is 0 Å². The summed E-state index contributed by atoms with van der Waals surface area (Å²) in [6.07, 6.45) is 1.47. The smallest absolute Gasteiger partial charge is 0.261 e. The molecule has 2 rings (SSSR count). The molecule has 0 aliphatic rings. The number of hydrogen-bond acceptors (Lipinski definition) is 3. The van der Waals surface area contributed by atoms with E-state index in [9.17, 15) is 14.0 Å². The maximum atomic E-state index is 12.8. The van der Waals surface area contributed by atoms with E-state index in [-0.39, 0.29) is 17.1 Å². The van der Waals surface area contributed by atoms with Crippen LogP contribution < -0.4 is 16.6 Å². The lowest BCUT2D eigenvalue weighted by molar-refractivity contribution is -0.116. The molecule has 0 spiro atoms. The van der Waals surface area contributed by atoms with Crippen LogP contribution in [0.1, 0.15) is 5.56 Å². The Balaban J connectivity index is 2.13. The summed E-state index contributed by atoms with van der Waals surface area (Å²) in [5, 5.41) is 2.56. The van der Waals surface area contributed by atoms with E-state index < -0.39 is 17.3 Å². The lowest BCUT2D eigenvalue weighted by Gasteiger charge is -2.08. The first-order chi connectivity index (χ1) is 9.97. The fourth-order valence-electron chi connectivity index (χ4n) is 1.74. The van der Waals surface area contributed by atoms with Gasteiger partial charge >= 0.3 is 0 Å². The van der Waals surface area contributed by atoms with Crippen LogP contribution in [0.4, 0.5) is 10.1 Å². The van der Waals surface area contributed by atoms with Crippen LogP contribution in [-0.2, 0) is 11.3 Å². The molecule has 0 radical (unpaired) electrons. The number of nitrogens with zero attached hydrogens (tertiary/aromatic N) is 1. The van der Waals surface area contributed by atoms with Crippen LogP contribution >= 0.6 is 12.2 Å². The summed E-state index contributed by atoms with van der Waals surface area (Å²) in [6, 6.07) is 8.41.